The predicted octanol–water partition coefficient (Wildman–Crippen LogP) is 2.70. The van der Waals surface area contributed by atoms with Gasteiger partial charge < -0.3 is 14.4 Å². The molecule has 160 valence electrons. The summed E-state index contributed by atoms with van der Waals surface area (Å²) in [6, 6.07) is 12.7. The van der Waals surface area contributed by atoms with E-state index in [0.29, 0.717) is 30.8 Å². The summed E-state index contributed by atoms with van der Waals surface area (Å²) in [4.78, 5) is 45.7. The van der Waals surface area contributed by atoms with Gasteiger partial charge in [0.25, 0.3) is 11.8 Å². The molecule has 0 N–H and O–H groups in total. The Kier molecular flexibility index (Phi) is 5.84. The van der Waals surface area contributed by atoms with Gasteiger partial charge in [0.15, 0.2) is 0 Å². The molecule has 1 fully saturated rings. The van der Waals surface area contributed by atoms with Crippen LogP contribution in [0.2, 0.25) is 0 Å². The molecular weight excluding hydrogens is 392 g/mol. The van der Waals surface area contributed by atoms with Crippen LogP contribution in [0.3, 0.4) is 0 Å². The Balaban J connectivity index is 1.47. The Labute approximate surface area is 180 Å². The lowest BCUT2D eigenvalue weighted by atomic mass is 10.1. The highest BCUT2D eigenvalue weighted by Gasteiger charge is 2.27. The van der Waals surface area contributed by atoms with E-state index < -0.39 is 0 Å². The van der Waals surface area contributed by atoms with Crippen LogP contribution in [0.15, 0.2) is 59.7 Å². The molecule has 0 bridgehead atoms. The summed E-state index contributed by atoms with van der Waals surface area (Å²) in [5, 5.41) is 1.84. The fourth-order valence-corrected chi connectivity index (χ4v) is 4.20. The quantitative estimate of drug-likeness (QED) is 0.655. The minimum absolute atomic E-state index is 0.0335. The Morgan fingerprint density at radius 1 is 1.06 bits per heavy atom. The molecule has 2 aromatic heterocycles. The molecule has 0 saturated carbocycles. The van der Waals surface area contributed by atoms with Crippen molar-refractivity contribution in [1.29, 1.82) is 0 Å². The second-order valence-electron chi connectivity index (χ2n) is 8.04. The molecule has 0 aliphatic carbocycles. The Hall–Kier alpha value is -3.48. The molecule has 7 nitrogen and oxygen atoms in total. The van der Waals surface area contributed by atoms with E-state index in [2.05, 4.69) is 4.98 Å². The molecule has 0 spiro atoms. The summed E-state index contributed by atoms with van der Waals surface area (Å²) in [6.07, 6.45) is 5.58. The van der Waals surface area contributed by atoms with Gasteiger partial charge in [-0.05, 0) is 36.8 Å². The van der Waals surface area contributed by atoms with Crippen molar-refractivity contribution in [2.24, 2.45) is 7.05 Å². The van der Waals surface area contributed by atoms with E-state index in [-0.39, 0.29) is 23.4 Å². The first-order valence-corrected chi connectivity index (χ1v) is 10.5. The number of carbonyl (C=O) groups is 2. The maximum atomic E-state index is 13.2. The number of hydrogen-bond acceptors (Lipinski definition) is 4. The second kappa shape index (κ2) is 8.71. The van der Waals surface area contributed by atoms with Gasteiger partial charge >= 0.3 is 0 Å². The van der Waals surface area contributed by atoms with Gasteiger partial charge in [0.1, 0.15) is 5.69 Å². The van der Waals surface area contributed by atoms with Crippen molar-refractivity contribution in [2.45, 2.75) is 25.3 Å². The molecule has 1 saturated heterocycles. The Morgan fingerprint density at radius 2 is 1.87 bits per heavy atom. The number of rotatable bonds is 3. The van der Waals surface area contributed by atoms with Crippen LogP contribution in [0.4, 0.5) is 0 Å². The molecule has 1 aliphatic heterocycles. The maximum absolute atomic E-state index is 13.2. The van der Waals surface area contributed by atoms with Gasteiger partial charge in [-0.2, -0.15) is 0 Å². The van der Waals surface area contributed by atoms with Crippen LogP contribution in [-0.4, -0.2) is 57.3 Å². The number of fused-ring (bicyclic) bond motifs is 1. The topological polar surface area (TPSA) is 75.5 Å². The van der Waals surface area contributed by atoms with E-state index in [1.54, 1.807) is 30.4 Å². The molecule has 3 heterocycles. The van der Waals surface area contributed by atoms with E-state index in [4.69, 9.17) is 0 Å². The molecule has 0 unspecified atom stereocenters. The van der Waals surface area contributed by atoms with Crippen molar-refractivity contribution < 1.29 is 9.59 Å². The third-order valence-electron chi connectivity index (χ3n) is 6.06. The highest BCUT2D eigenvalue weighted by atomic mass is 16.2. The van der Waals surface area contributed by atoms with E-state index in [1.165, 1.54) is 10.6 Å². The minimum atomic E-state index is -0.144. The minimum Gasteiger partial charge on any atom is -0.339 e. The van der Waals surface area contributed by atoms with Crippen LogP contribution < -0.4 is 5.56 Å². The van der Waals surface area contributed by atoms with Crippen molar-refractivity contribution in [3.8, 4) is 0 Å². The molecule has 4 rings (SSSR count). The lowest BCUT2D eigenvalue weighted by Crippen LogP contribution is -2.39. The average molecular weight is 418 g/mol. The van der Waals surface area contributed by atoms with Gasteiger partial charge in [0, 0.05) is 57.1 Å². The number of pyridine rings is 2. The monoisotopic (exact) mass is 418 g/mol. The zero-order valence-electron chi connectivity index (χ0n) is 17.8. The van der Waals surface area contributed by atoms with E-state index in [9.17, 15) is 14.4 Å². The summed E-state index contributed by atoms with van der Waals surface area (Å²) in [5.74, 6) is -0.180. The highest BCUT2D eigenvalue weighted by molar-refractivity contribution is 6.05. The van der Waals surface area contributed by atoms with Gasteiger partial charge in [-0.25, -0.2) is 0 Å². The first-order chi connectivity index (χ1) is 15.0. The number of aryl methyl sites for hydroxylation is 1. The van der Waals surface area contributed by atoms with Gasteiger partial charge in [0.05, 0.1) is 5.56 Å². The van der Waals surface area contributed by atoms with Crippen LogP contribution in [0.5, 0.6) is 0 Å². The highest BCUT2D eigenvalue weighted by Crippen LogP contribution is 2.22. The maximum Gasteiger partial charge on any atom is 0.273 e. The lowest BCUT2D eigenvalue weighted by Gasteiger charge is -2.27. The SMILES string of the molecule is CN(C(=O)c1nccc2ccccc12)[C@@H]1CCCN(C(=O)c2ccc(=O)n(C)c2)CC1. The summed E-state index contributed by atoms with van der Waals surface area (Å²) in [7, 11) is 3.46. The fourth-order valence-electron chi connectivity index (χ4n) is 4.20. The number of nitrogens with zero attached hydrogens (tertiary/aromatic N) is 4. The van der Waals surface area contributed by atoms with Gasteiger partial charge in [-0.3, -0.25) is 19.4 Å². The smallest absolute Gasteiger partial charge is 0.273 e. The largest absolute Gasteiger partial charge is 0.339 e. The molecule has 31 heavy (non-hydrogen) atoms. The molecule has 7 heteroatoms. The summed E-state index contributed by atoms with van der Waals surface area (Å²) >= 11 is 0. The van der Waals surface area contributed by atoms with Crippen LogP contribution >= 0.6 is 0 Å². The molecule has 0 radical (unpaired) electrons. The third-order valence-corrected chi connectivity index (χ3v) is 6.06. The fraction of sp³-hybridized carbons (Fsp3) is 0.333. The van der Waals surface area contributed by atoms with Crippen LogP contribution in [-0.2, 0) is 7.05 Å². The molecule has 1 aliphatic rings. The zero-order valence-corrected chi connectivity index (χ0v) is 17.8. The first kappa shape index (κ1) is 20.8. The van der Waals surface area contributed by atoms with Crippen molar-refractivity contribution in [1.82, 2.24) is 19.4 Å². The molecular formula is C24H26N4O3. The number of benzene rings is 1. The molecule has 3 aromatic rings. The molecule has 1 aromatic carbocycles. The number of carbonyl (C=O) groups excluding carboxylic acids is 2. The summed E-state index contributed by atoms with van der Waals surface area (Å²) < 4.78 is 1.41. The summed E-state index contributed by atoms with van der Waals surface area (Å²) in [5.41, 5.74) is 0.822. The predicted molar refractivity (Wildman–Crippen MR) is 119 cm³/mol. The summed E-state index contributed by atoms with van der Waals surface area (Å²) in [6.45, 7) is 1.19. The zero-order chi connectivity index (χ0) is 22.0. The van der Waals surface area contributed by atoms with Gasteiger partial charge in [0.2, 0.25) is 5.56 Å². The van der Waals surface area contributed by atoms with Crippen LogP contribution in [0, 0.1) is 0 Å². The van der Waals surface area contributed by atoms with Crippen molar-refractivity contribution in [3.05, 3.63) is 76.5 Å². The normalized spacial score (nSPS) is 16.7. The van der Waals surface area contributed by atoms with Gasteiger partial charge in [-0.1, -0.05) is 24.3 Å². The number of likely N-dealkylation sites (tertiary alicyclic amines) is 1. The van der Waals surface area contributed by atoms with Crippen molar-refractivity contribution >= 4 is 22.6 Å². The Morgan fingerprint density at radius 3 is 2.68 bits per heavy atom. The first-order valence-electron chi connectivity index (χ1n) is 10.5. The molecule has 1 atom stereocenters. The van der Waals surface area contributed by atoms with Gasteiger partial charge in [-0.15, -0.1) is 0 Å². The average Bonchev–Trinajstić information content (AvgIpc) is 3.05. The Bertz CT molecular complexity index is 1180. The van der Waals surface area contributed by atoms with Crippen LogP contribution in [0.1, 0.15) is 40.1 Å². The number of hydrogen-bond donors (Lipinski definition) is 0. The standard InChI is InChI=1S/C24H26N4O3/c1-26-16-18(9-10-21(26)29)23(30)28-14-5-7-19(12-15-28)27(2)24(31)22-20-8-4-3-6-17(20)11-13-25-22/h3-4,6,8-11,13,16,19H,5,7,12,14-15H2,1-2H3/t19-/m1/s1. The number of amides is 2. The lowest BCUT2D eigenvalue weighted by molar-refractivity contribution is 0.0707. The second-order valence-corrected chi connectivity index (χ2v) is 8.04. The van der Waals surface area contributed by atoms with E-state index in [1.807, 2.05) is 42.3 Å². The van der Waals surface area contributed by atoms with Crippen molar-refractivity contribution in [2.75, 3.05) is 20.1 Å². The molecule has 2 amide bonds. The number of aromatic nitrogens is 2. The third kappa shape index (κ3) is 4.21. The van der Waals surface area contributed by atoms with E-state index >= 15 is 0 Å². The van der Waals surface area contributed by atoms with E-state index in [0.717, 1.165) is 23.6 Å². The van der Waals surface area contributed by atoms with Crippen LogP contribution in [0.25, 0.3) is 10.8 Å². The van der Waals surface area contributed by atoms with Crippen molar-refractivity contribution in [3.63, 3.8) is 0 Å².